The van der Waals surface area contributed by atoms with Crippen molar-refractivity contribution in [1.82, 2.24) is 14.8 Å². The van der Waals surface area contributed by atoms with E-state index in [1.165, 1.54) is 11.3 Å². The van der Waals surface area contributed by atoms with Crippen LogP contribution in [0.15, 0.2) is 28.2 Å². The van der Waals surface area contributed by atoms with Crippen molar-refractivity contribution >= 4 is 29.2 Å². The number of hydrogen-bond acceptors (Lipinski definition) is 6. The smallest absolute Gasteiger partial charge is 0.334 e. The van der Waals surface area contributed by atoms with E-state index in [2.05, 4.69) is 4.98 Å². The van der Waals surface area contributed by atoms with Gasteiger partial charge < -0.3 is 4.42 Å². The topological polar surface area (TPSA) is 83.7 Å². The molecule has 2 aromatic rings. The first kappa shape index (κ1) is 16.0. The molecule has 3 heterocycles. The standard InChI is InChI=1S/C17H17N3O4S/c21-15-16(22)20(12-5-2-1-3-6-12)17(23)19(15)9-11-10-25-14(18-11)13-7-4-8-24-13/h4,7-8,10,12H,1-3,5-6,9H2. The number of thiazole rings is 1. The van der Waals surface area contributed by atoms with E-state index in [1.807, 2.05) is 0 Å². The molecule has 8 heteroatoms. The summed E-state index contributed by atoms with van der Waals surface area (Å²) >= 11 is 1.37. The minimum absolute atomic E-state index is 0.00380. The molecule has 130 valence electrons. The van der Waals surface area contributed by atoms with Gasteiger partial charge in [0.05, 0.1) is 18.5 Å². The summed E-state index contributed by atoms with van der Waals surface area (Å²) in [6.45, 7) is 0.00380. The highest BCUT2D eigenvalue weighted by Gasteiger charge is 2.47. The zero-order chi connectivity index (χ0) is 17.4. The zero-order valence-electron chi connectivity index (χ0n) is 13.5. The van der Waals surface area contributed by atoms with E-state index in [-0.39, 0.29) is 12.6 Å². The SMILES string of the molecule is O=C1C(=O)N(C2CCCCC2)C(=O)N1Cc1csc(-c2ccco2)n1. The fourth-order valence-corrected chi connectivity index (χ4v) is 4.16. The molecule has 4 rings (SSSR count). The van der Waals surface area contributed by atoms with Crippen LogP contribution in [-0.2, 0) is 16.1 Å². The Bertz CT molecular complexity index is 808. The molecule has 0 radical (unpaired) electrons. The molecule has 0 aromatic carbocycles. The number of aromatic nitrogens is 1. The summed E-state index contributed by atoms with van der Waals surface area (Å²) in [5, 5.41) is 2.45. The predicted octanol–water partition coefficient (Wildman–Crippen LogP) is 3.03. The lowest BCUT2D eigenvalue weighted by molar-refractivity contribution is -0.144. The van der Waals surface area contributed by atoms with Crippen LogP contribution in [0, 0.1) is 0 Å². The quantitative estimate of drug-likeness (QED) is 0.619. The van der Waals surface area contributed by atoms with Gasteiger partial charge in [-0.05, 0) is 25.0 Å². The van der Waals surface area contributed by atoms with E-state index >= 15 is 0 Å². The summed E-state index contributed by atoms with van der Waals surface area (Å²) in [6, 6.07) is 2.89. The van der Waals surface area contributed by atoms with Crippen molar-refractivity contribution in [2.45, 2.75) is 44.7 Å². The zero-order valence-corrected chi connectivity index (χ0v) is 14.3. The van der Waals surface area contributed by atoms with Gasteiger partial charge in [0.25, 0.3) is 0 Å². The van der Waals surface area contributed by atoms with Gasteiger partial charge in [0.2, 0.25) is 0 Å². The number of imide groups is 2. The molecule has 7 nitrogen and oxygen atoms in total. The molecule has 4 amide bonds. The third-order valence-electron chi connectivity index (χ3n) is 4.63. The summed E-state index contributed by atoms with van der Waals surface area (Å²) < 4.78 is 5.30. The third-order valence-corrected chi connectivity index (χ3v) is 5.53. The molecule has 0 bridgehead atoms. The van der Waals surface area contributed by atoms with E-state index in [9.17, 15) is 14.4 Å². The molecule has 1 aliphatic heterocycles. The summed E-state index contributed by atoms with van der Waals surface area (Å²) in [5.74, 6) is -0.836. The fourth-order valence-electron chi connectivity index (χ4n) is 3.38. The Kier molecular flexibility index (Phi) is 4.12. The second kappa shape index (κ2) is 6.44. The largest absolute Gasteiger partial charge is 0.462 e. The van der Waals surface area contributed by atoms with Gasteiger partial charge in [-0.2, -0.15) is 0 Å². The maximum absolute atomic E-state index is 12.6. The van der Waals surface area contributed by atoms with E-state index in [0.29, 0.717) is 16.5 Å². The normalized spacial score (nSPS) is 19.3. The maximum atomic E-state index is 12.6. The number of amides is 4. The molecule has 2 aromatic heterocycles. The Labute approximate surface area is 148 Å². The average molecular weight is 359 g/mol. The van der Waals surface area contributed by atoms with Gasteiger partial charge in [0.15, 0.2) is 10.8 Å². The van der Waals surface area contributed by atoms with Crippen molar-refractivity contribution in [3.8, 4) is 10.8 Å². The Hall–Kier alpha value is -2.48. The van der Waals surface area contributed by atoms with Crippen LogP contribution in [-0.4, -0.2) is 38.7 Å². The van der Waals surface area contributed by atoms with Crippen molar-refractivity contribution < 1.29 is 18.8 Å². The molecule has 0 unspecified atom stereocenters. The van der Waals surface area contributed by atoms with Crippen LogP contribution in [0.1, 0.15) is 37.8 Å². The maximum Gasteiger partial charge on any atom is 0.334 e. The number of carbonyl (C=O) groups excluding carboxylic acids is 3. The van der Waals surface area contributed by atoms with Crippen LogP contribution < -0.4 is 0 Å². The average Bonchev–Trinajstić information content (AvgIpc) is 3.34. The van der Waals surface area contributed by atoms with E-state index < -0.39 is 17.8 Å². The van der Waals surface area contributed by atoms with E-state index in [1.54, 1.807) is 23.8 Å². The van der Waals surface area contributed by atoms with Crippen LogP contribution in [0.2, 0.25) is 0 Å². The molecule has 0 atom stereocenters. The molecule has 25 heavy (non-hydrogen) atoms. The number of nitrogens with zero attached hydrogens (tertiary/aromatic N) is 3. The van der Waals surface area contributed by atoms with Crippen LogP contribution >= 0.6 is 11.3 Å². The first-order chi connectivity index (χ1) is 12.1. The fraction of sp³-hybridized carbons (Fsp3) is 0.412. The van der Waals surface area contributed by atoms with Crippen LogP contribution in [0.25, 0.3) is 10.8 Å². The van der Waals surface area contributed by atoms with Gasteiger partial charge in [-0.25, -0.2) is 14.7 Å². The van der Waals surface area contributed by atoms with Crippen molar-refractivity contribution in [2.24, 2.45) is 0 Å². The van der Waals surface area contributed by atoms with Gasteiger partial charge in [-0.15, -0.1) is 11.3 Å². The lowest BCUT2D eigenvalue weighted by Gasteiger charge is -2.28. The molecule has 0 N–H and O–H groups in total. The number of furan rings is 1. The van der Waals surface area contributed by atoms with Gasteiger partial charge in [-0.1, -0.05) is 19.3 Å². The van der Waals surface area contributed by atoms with Crippen LogP contribution in [0.3, 0.4) is 0 Å². The highest BCUT2D eigenvalue weighted by atomic mass is 32.1. The van der Waals surface area contributed by atoms with Crippen LogP contribution in [0.5, 0.6) is 0 Å². The Balaban J connectivity index is 1.51. The Morgan fingerprint density at radius 1 is 1.16 bits per heavy atom. The second-order valence-corrected chi connectivity index (χ2v) is 7.12. The minimum atomic E-state index is -0.761. The van der Waals surface area contributed by atoms with Gasteiger partial charge in [0, 0.05) is 11.4 Å². The number of hydrogen-bond donors (Lipinski definition) is 0. The van der Waals surface area contributed by atoms with Gasteiger partial charge in [-0.3, -0.25) is 14.5 Å². The van der Waals surface area contributed by atoms with Gasteiger partial charge >= 0.3 is 17.8 Å². The third kappa shape index (κ3) is 2.86. The molecule has 1 aliphatic carbocycles. The lowest BCUT2D eigenvalue weighted by Crippen LogP contribution is -2.42. The molecular weight excluding hydrogens is 342 g/mol. The van der Waals surface area contributed by atoms with Crippen molar-refractivity contribution in [3.63, 3.8) is 0 Å². The highest BCUT2D eigenvalue weighted by Crippen LogP contribution is 2.29. The minimum Gasteiger partial charge on any atom is -0.462 e. The molecule has 0 spiro atoms. The van der Waals surface area contributed by atoms with Crippen molar-refractivity contribution in [1.29, 1.82) is 0 Å². The summed E-state index contributed by atoms with van der Waals surface area (Å²) in [5.41, 5.74) is 0.566. The number of carbonyl (C=O) groups is 3. The summed E-state index contributed by atoms with van der Waals surface area (Å²) in [6.07, 6.45) is 6.18. The van der Waals surface area contributed by atoms with Crippen molar-refractivity contribution in [2.75, 3.05) is 0 Å². The van der Waals surface area contributed by atoms with Crippen LogP contribution in [0.4, 0.5) is 4.79 Å². The molecule has 1 saturated carbocycles. The highest BCUT2D eigenvalue weighted by molar-refractivity contribution is 7.13. The van der Waals surface area contributed by atoms with E-state index in [0.717, 1.165) is 41.9 Å². The molecule has 2 aliphatic rings. The van der Waals surface area contributed by atoms with E-state index in [4.69, 9.17) is 4.42 Å². The Morgan fingerprint density at radius 3 is 2.68 bits per heavy atom. The first-order valence-corrected chi connectivity index (χ1v) is 9.20. The number of urea groups is 1. The number of rotatable bonds is 4. The second-order valence-electron chi connectivity index (χ2n) is 6.26. The summed E-state index contributed by atoms with van der Waals surface area (Å²) in [4.78, 5) is 43.7. The molecular formula is C17H17N3O4S. The predicted molar refractivity (Wildman–Crippen MR) is 89.5 cm³/mol. The van der Waals surface area contributed by atoms with Gasteiger partial charge in [0.1, 0.15) is 0 Å². The lowest BCUT2D eigenvalue weighted by atomic mass is 9.94. The van der Waals surface area contributed by atoms with Crippen molar-refractivity contribution in [3.05, 3.63) is 29.5 Å². The summed E-state index contributed by atoms with van der Waals surface area (Å²) in [7, 11) is 0. The Morgan fingerprint density at radius 2 is 1.96 bits per heavy atom. The molecule has 2 fully saturated rings. The monoisotopic (exact) mass is 359 g/mol. The molecule has 1 saturated heterocycles. The first-order valence-electron chi connectivity index (χ1n) is 8.32.